The molecule has 1 saturated heterocycles. The van der Waals surface area contributed by atoms with Crippen LogP contribution in [0.15, 0.2) is 6.17 Å². The van der Waals surface area contributed by atoms with Gasteiger partial charge in [0.25, 0.3) is 0 Å². The molecule has 1 aromatic heterocycles. The highest BCUT2D eigenvalue weighted by molar-refractivity contribution is 6.61. The van der Waals surface area contributed by atoms with E-state index in [4.69, 9.17) is 24.4 Å². The monoisotopic (exact) mass is 261 g/mol. The van der Waals surface area contributed by atoms with Crippen LogP contribution in [0, 0.1) is 0 Å². The maximum Gasteiger partial charge on any atom is 0.514 e. The van der Waals surface area contributed by atoms with Gasteiger partial charge < -0.3 is 13.9 Å². The zero-order chi connectivity index (χ0) is 23.0. The molecule has 0 bridgehead atoms. The Morgan fingerprint density at radius 2 is 2.06 bits per heavy atom. The van der Waals surface area contributed by atoms with Gasteiger partial charge in [0.2, 0.25) is 0 Å². The topological polar surface area (TPSA) is 36.3 Å². The van der Waals surface area contributed by atoms with Crippen LogP contribution in [0.1, 0.15) is 62.3 Å². The van der Waals surface area contributed by atoms with E-state index in [0.29, 0.717) is 0 Å². The molecule has 0 amide bonds. The molecule has 0 N–H and O–H groups in total. The minimum atomic E-state index is -3.34. The van der Waals surface area contributed by atoms with Crippen LogP contribution >= 0.6 is 0 Å². The van der Waals surface area contributed by atoms with E-state index in [9.17, 15) is 0 Å². The molecule has 0 unspecified atom stereocenters. The van der Waals surface area contributed by atoms with Crippen molar-refractivity contribution in [3.63, 3.8) is 0 Å². The van der Waals surface area contributed by atoms with Crippen LogP contribution in [-0.4, -0.2) is 27.9 Å². The van der Waals surface area contributed by atoms with E-state index in [0.717, 1.165) is 0 Å². The Hall–Kier alpha value is -0.805. The molecule has 2 rings (SSSR count). The van der Waals surface area contributed by atoms with Gasteiger partial charge in [-0.3, -0.25) is 0 Å². The summed E-state index contributed by atoms with van der Waals surface area (Å²) >= 11 is 0. The molecule has 1 aliphatic heterocycles. The molecule has 1 aromatic rings. The summed E-state index contributed by atoms with van der Waals surface area (Å²) in [4.78, 5) is 3.61. The van der Waals surface area contributed by atoms with Gasteiger partial charge in [-0.15, -0.1) is 0 Å². The van der Waals surface area contributed by atoms with Gasteiger partial charge in [-0.25, -0.2) is 4.98 Å². The maximum absolute atomic E-state index is 8.14. The van der Waals surface area contributed by atoms with E-state index < -0.39 is 62.5 Å². The average molecular weight is 261 g/mol. The van der Waals surface area contributed by atoms with E-state index in [-0.39, 0.29) is 4.57 Å². The van der Waals surface area contributed by atoms with Crippen LogP contribution in [0.5, 0.6) is 0 Å². The molecule has 1 fully saturated rings. The van der Waals surface area contributed by atoms with Crippen LogP contribution in [0.4, 0.5) is 0 Å². The van der Waals surface area contributed by atoms with Crippen LogP contribution in [-0.2, 0) is 22.2 Å². The van der Waals surface area contributed by atoms with E-state index in [1.165, 1.54) is 0 Å². The summed E-state index contributed by atoms with van der Waals surface area (Å²) in [5.41, 5.74) is -2.38. The van der Waals surface area contributed by atoms with Gasteiger partial charge in [0.1, 0.15) is 5.82 Å². The van der Waals surface area contributed by atoms with Crippen molar-refractivity contribution in [3.8, 4) is 0 Å². The minimum absolute atomic E-state index is 0.289. The highest BCUT2D eigenvalue weighted by Gasteiger charge is 2.52. The van der Waals surface area contributed by atoms with Gasteiger partial charge in [-0.05, 0) is 34.5 Å². The Labute approximate surface area is 125 Å². The molecule has 0 atom stereocenters. The van der Waals surface area contributed by atoms with Crippen molar-refractivity contribution < 1.29 is 24.4 Å². The SMILES string of the molecule is [2H]c1nc(C([2H])([2H])C([2H])([2H])[2H])n(C([2H])([2H])C([2H])([2H])[2H])c1B1OC(C)(C)C(C)(C)O1. The van der Waals surface area contributed by atoms with Crippen molar-refractivity contribution in [2.75, 3.05) is 0 Å². The molecule has 1 aliphatic rings. The molecule has 0 spiro atoms. The molecule has 5 heteroatoms. The van der Waals surface area contributed by atoms with Crippen molar-refractivity contribution >= 4 is 12.7 Å². The lowest BCUT2D eigenvalue weighted by atomic mass is 9.85. The third-order valence-corrected chi connectivity index (χ3v) is 3.43. The summed E-state index contributed by atoms with van der Waals surface area (Å²) in [6.45, 7) is -3.22. The molecular weight excluding hydrogens is 227 g/mol. The smallest absolute Gasteiger partial charge is 0.398 e. The molecular formula is C13H23BN2O2. The largest absolute Gasteiger partial charge is 0.514 e. The summed E-state index contributed by atoms with van der Waals surface area (Å²) < 4.78 is 97.3. The van der Waals surface area contributed by atoms with E-state index in [1.54, 1.807) is 27.7 Å². The highest BCUT2D eigenvalue weighted by Crippen LogP contribution is 2.36. The fourth-order valence-corrected chi connectivity index (χ4v) is 1.63. The lowest BCUT2D eigenvalue weighted by molar-refractivity contribution is 0.00578. The van der Waals surface area contributed by atoms with Gasteiger partial charge in [0, 0.05) is 32.8 Å². The number of hydrogen-bond donors (Lipinski definition) is 0. The van der Waals surface area contributed by atoms with Crippen molar-refractivity contribution in [2.45, 2.75) is 65.5 Å². The first-order chi connectivity index (χ1) is 12.6. The zero-order valence-corrected chi connectivity index (χ0v) is 10.8. The van der Waals surface area contributed by atoms with E-state index >= 15 is 0 Å². The van der Waals surface area contributed by atoms with Crippen LogP contribution < -0.4 is 5.59 Å². The second-order valence-corrected chi connectivity index (χ2v) is 5.09. The molecule has 100 valence electrons. The van der Waals surface area contributed by atoms with Crippen molar-refractivity contribution in [3.05, 3.63) is 12.0 Å². The Balaban J connectivity index is 2.84. The number of aryl methyl sites for hydroxylation is 1. The average Bonchev–Trinajstić information content (AvgIpc) is 2.91. The van der Waals surface area contributed by atoms with Crippen molar-refractivity contribution in [1.29, 1.82) is 0 Å². The Morgan fingerprint density at radius 1 is 1.39 bits per heavy atom. The molecule has 4 nitrogen and oxygen atoms in total. The van der Waals surface area contributed by atoms with Crippen molar-refractivity contribution in [1.82, 2.24) is 9.55 Å². The summed E-state index contributed by atoms with van der Waals surface area (Å²) in [7, 11) is -1.46. The van der Waals surface area contributed by atoms with Gasteiger partial charge in [-0.2, -0.15) is 0 Å². The first kappa shape index (κ1) is 5.29. The first-order valence-electron chi connectivity index (χ1n) is 11.0. The Kier molecular flexibility index (Phi) is 1.29. The molecule has 2 heterocycles. The minimum Gasteiger partial charge on any atom is -0.398 e. The lowest BCUT2D eigenvalue weighted by Gasteiger charge is -2.32. The molecule has 0 aromatic carbocycles. The Bertz CT molecular complexity index is 782. The Morgan fingerprint density at radius 3 is 2.61 bits per heavy atom. The fraction of sp³-hybridized carbons (Fsp3) is 0.769. The number of rotatable bonds is 3. The molecule has 0 saturated carbocycles. The molecule has 18 heavy (non-hydrogen) atoms. The highest BCUT2D eigenvalue weighted by atomic mass is 16.7. The molecule has 0 radical (unpaired) electrons. The van der Waals surface area contributed by atoms with Crippen LogP contribution in [0.2, 0.25) is 0 Å². The second kappa shape index (κ2) is 4.39. The predicted molar refractivity (Wildman–Crippen MR) is 73.0 cm³/mol. The number of imidazole rings is 1. The van der Waals surface area contributed by atoms with Crippen LogP contribution in [0.25, 0.3) is 0 Å². The standard InChI is InChI=1S/C13H23BN2O2/c1-7-11-15-9-10(16(11)8-2)14-17-12(3,4)13(5,6)18-14/h9H,7-8H2,1-6H3/i1D3,2D3,7D2,8D2,9D. The zero-order valence-electron chi connectivity index (χ0n) is 21.8. The summed E-state index contributed by atoms with van der Waals surface area (Å²) in [5.74, 6) is -1.05. The third kappa shape index (κ3) is 1.99. The van der Waals surface area contributed by atoms with E-state index in [2.05, 4.69) is 4.98 Å². The predicted octanol–water partition coefficient (Wildman–Crippen LogP) is 1.76. The summed E-state index contributed by atoms with van der Waals surface area (Å²) in [6.07, 6.45) is -3.98. The quantitative estimate of drug-likeness (QED) is 0.778. The van der Waals surface area contributed by atoms with E-state index in [1.807, 2.05) is 0 Å². The van der Waals surface area contributed by atoms with Crippen molar-refractivity contribution in [2.24, 2.45) is 0 Å². The van der Waals surface area contributed by atoms with Gasteiger partial charge in [0.05, 0.1) is 18.2 Å². The van der Waals surface area contributed by atoms with Gasteiger partial charge in [0.15, 0.2) is 0 Å². The fourth-order valence-electron chi connectivity index (χ4n) is 1.63. The van der Waals surface area contributed by atoms with Gasteiger partial charge in [-0.1, -0.05) is 6.85 Å². The van der Waals surface area contributed by atoms with Crippen LogP contribution in [0.3, 0.4) is 0 Å². The number of aromatic nitrogens is 2. The first-order valence-corrected chi connectivity index (χ1v) is 5.54. The normalized spacial score (nSPS) is 33.6. The number of nitrogens with zero attached hydrogens (tertiary/aromatic N) is 2. The summed E-state index contributed by atoms with van der Waals surface area (Å²) in [5, 5.41) is 0. The number of hydrogen-bond acceptors (Lipinski definition) is 3. The maximum atomic E-state index is 8.14. The lowest BCUT2D eigenvalue weighted by Crippen LogP contribution is -2.41. The molecule has 0 aliphatic carbocycles. The van der Waals surface area contributed by atoms with Gasteiger partial charge >= 0.3 is 7.12 Å². The summed E-state index contributed by atoms with van der Waals surface area (Å²) in [6, 6.07) is 0. The third-order valence-electron chi connectivity index (χ3n) is 3.43. The second-order valence-electron chi connectivity index (χ2n) is 5.09.